The molecule has 0 aromatic rings. The topological polar surface area (TPSA) is 66.8 Å². The number of aliphatic hydroxyl groups is 1. The second-order valence-electron chi connectivity index (χ2n) is 2.89. The Kier molecular flexibility index (Phi) is 2.85. The van der Waals surface area contributed by atoms with Crippen LogP contribution in [0, 0.1) is 0 Å². The van der Waals surface area contributed by atoms with Crippen LogP contribution in [0.2, 0.25) is 0 Å². The normalized spacial score (nSPS) is 28.8. The summed E-state index contributed by atoms with van der Waals surface area (Å²) in [6, 6.07) is 0. The van der Waals surface area contributed by atoms with Crippen molar-refractivity contribution in [1.29, 1.82) is 0 Å². The molecule has 72 valence electrons. The van der Waals surface area contributed by atoms with Crippen LogP contribution in [0.15, 0.2) is 24.3 Å². The predicted octanol–water partition coefficient (Wildman–Crippen LogP) is 0.333. The summed E-state index contributed by atoms with van der Waals surface area (Å²) in [6.07, 6.45) is 5.61. The molecule has 0 aliphatic heterocycles. The highest BCUT2D eigenvalue weighted by atomic mass is 16.5. The number of methoxy groups -OCH3 is 1. The number of hydrogen-bond acceptors (Lipinski definition) is 3. The van der Waals surface area contributed by atoms with Crippen molar-refractivity contribution >= 4 is 5.97 Å². The average Bonchev–Trinajstić information content (AvgIpc) is 2.17. The van der Waals surface area contributed by atoms with Gasteiger partial charge in [0, 0.05) is 13.5 Å². The summed E-state index contributed by atoms with van der Waals surface area (Å²) in [4.78, 5) is 10.6. The van der Waals surface area contributed by atoms with Crippen molar-refractivity contribution < 1.29 is 19.7 Å². The Balaban J connectivity index is 2.87. The quantitative estimate of drug-likeness (QED) is 0.663. The Bertz CT molecular complexity index is 256. The van der Waals surface area contributed by atoms with E-state index in [9.17, 15) is 9.90 Å². The van der Waals surface area contributed by atoms with E-state index in [-0.39, 0.29) is 0 Å². The zero-order valence-corrected chi connectivity index (χ0v) is 7.30. The molecule has 13 heavy (non-hydrogen) atoms. The van der Waals surface area contributed by atoms with Gasteiger partial charge in [-0.3, -0.25) is 0 Å². The maximum absolute atomic E-state index is 10.6. The van der Waals surface area contributed by atoms with Crippen LogP contribution in [-0.4, -0.2) is 35.0 Å². The Labute approximate surface area is 76.1 Å². The minimum absolute atomic E-state index is 0.369. The summed E-state index contributed by atoms with van der Waals surface area (Å²) in [5.74, 6) is -1.28. The van der Waals surface area contributed by atoms with Gasteiger partial charge < -0.3 is 14.9 Å². The van der Waals surface area contributed by atoms with Gasteiger partial charge in [-0.15, -0.1) is 0 Å². The highest BCUT2D eigenvalue weighted by molar-refractivity contribution is 5.74. The number of aliphatic hydroxyl groups excluding tert-OH is 1. The van der Waals surface area contributed by atoms with E-state index in [0.29, 0.717) is 6.42 Å². The van der Waals surface area contributed by atoms with Gasteiger partial charge in [0.05, 0.1) is 0 Å². The smallest absolute Gasteiger partial charge is 0.335 e. The third-order valence-electron chi connectivity index (χ3n) is 2.14. The number of ether oxygens (including phenoxy) is 1. The van der Waals surface area contributed by atoms with Crippen LogP contribution in [0.3, 0.4) is 0 Å². The van der Waals surface area contributed by atoms with Crippen LogP contribution in [0.5, 0.6) is 0 Å². The highest BCUT2D eigenvalue weighted by Crippen LogP contribution is 2.25. The molecule has 0 spiro atoms. The van der Waals surface area contributed by atoms with E-state index in [1.54, 1.807) is 24.3 Å². The van der Waals surface area contributed by atoms with E-state index in [1.807, 2.05) is 0 Å². The van der Waals surface area contributed by atoms with Gasteiger partial charge in [0.2, 0.25) is 0 Å². The van der Waals surface area contributed by atoms with Crippen molar-refractivity contribution in [3.8, 4) is 0 Å². The molecule has 1 aliphatic carbocycles. The predicted molar refractivity (Wildman–Crippen MR) is 46.3 cm³/mol. The Hall–Kier alpha value is -1.13. The molecule has 1 rings (SSSR count). The third-order valence-corrected chi connectivity index (χ3v) is 2.14. The highest BCUT2D eigenvalue weighted by Gasteiger charge is 2.40. The van der Waals surface area contributed by atoms with E-state index in [0.717, 1.165) is 0 Å². The van der Waals surface area contributed by atoms with Gasteiger partial charge in [-0.25, -0.2) is 4.79 Å². The number of carbonyl (C=O) groups is 1. The third kappa shape index (κ3) is 1.79. The lowest BCUT2D eigenvalue weighted by molar-refractivity contribution is -0.161. The van der Waals surface area contributed by atoms with Crippen molar-refractivity contribution in [2.75, 3.05) is 7.11 Å². The second-order valence-corrected chi connectivity index (χ2v) is 2.89. The lowest BCUT2D eigenvalue weighted by Crippen LogP contribution is -2.47. The van der Waals surface area contributed by atoms with Gasteiger partial charge in [-0.05, 0) is 6.08 Å². The number of carboxylic acids is 1. The number of allylic oxidation sites excluding steroid dienone is 2. The molecule has 0 radical (unpaired) electrons. The molecule has 1 unspecified atom stereocenters. The molecule has 0 bridgehead atoms. The summed E-state index contributed by atoms with van der Waals surface area (Å²) in [7, 11) is 1.38. The summed E-state index contributed by atoms with van der Waals surface area (Å²) in [5, 5.41) is 18.0. The van der Waals surface area contributed by atoms with Gasteiger partial charge in [-0.1, -0.05) is 18.2 Å². The van der Waals surface area contributed by atoms with E-state index in [1.165, 1.54) is 7.11 Å². The average molecular weight is 184 g/mol. The number of rotatable bonds is 3. The molecule has 0 saturated heterocycles. The molecular weight excluding hydrogens is 172 g/mol. The minimum Gasteiger partial charge on any atom is -0.479 e. The maximum Gasteiger partial charge on any atom is 0.335 e. The van der Waals surface area contributed by atoms with Crippen molar-refractivity contribution in [2.45, 2.75) is 18.1 Å². The first-order valence-electron chi connectivity index (χ1n) is 3.93. The molecule has 2 atom stereocenters. The Morgan fingerprint density at radius 2 is 2.31 bits per heavy atom. The van der Waals surface area contributed by atoms with Gasteiger partial charge in [0.25, 0.3) is 0 Å². The van der Waals surface area contributed by atoms with E-state index >= 15 is 0 Å². The van der Waals surface area contributed by atoms with Crippen molar-refractivity contribution in [1.82, 2.24) is 0 Å². The SMILES string of the molecule is CO[C@]1(C(O)C(=O)O)C=CC=CC1. The molecule has 4 heteroatoms. The van der Waals surface area contributed by atoms with Crippen molar-refractivity contribution in [3.63, 3.8) is 0 Å². The molecule has 4 nitrogen and oxygen atoms in total. The number of aliphatic carboxylic acids is 1. The monoisotopic (exact) mass is 184 g/mol. The van der Waals surface area contributed by atoms with Crippen LogP contribution in [-0.2, 0) is 9.53 Å². The Morgan fingerprint density at radius 3 is 2.69 bits per heavy atom. The van der Waals surface area contributed by atoms with Crippen LogP contribution in [0.1, 0.15) is 6.42 Å². The first-order chi connectivity index (χ1) is 6.12. The number of carboxylic acid groups (broad SMARTS) is 1. The summed E-state index contributed by atoms with van der Waals surface area (Å²) < 4.78 is 5.03. The molecule has 0 amide bonds. The first kappa shape index (κ1) is 9.95. The zero-order valence-electron chi connectivity index (χ0n) is 7.30. The van der Waals surface area contributed by atoms with E-state index < -0.39 is 17.7 Å². The molecule has 0 fully saturated rings. The molecule has 1 aliphatic rings. The fourth-order valence-corrected chi connectivity index (χ4v) is 1.29. The van der Waals surface area contributed by atoms with Crippen molar-refractivity contribution in [2.24, 2.45) is 0 Å². The molecule has 0 aromatic carbocycles. The lowest BCUT2D eigenvalue weighted by atomic mass is 9.89. The second kappa shape index (κ2) is 3.72. The zero-order chi connectivity index (χ0) is 9.90. The number of hydrogen-bond donors (Lipinski definition) is 2. The van der Waals surface area contributed by atoms with E-state index in [4.69, 9.17) is 9.84 Å². The molecular formula is C9H12O4. The van der Waals surface area contributed by atoms with Crippen LogP contribution in [0.4, 0.5) is 0 Å². The maximum atomic E-state index is 10.6. The first-order valence-corrected chi connectivity index (χ1v) is 3.93. The van der Waals surface area contributed by atoms with Gasteiger partial charge >= 0.3 is 5.97 Å². The molecule has 0 heterocycles. The summed E-state index contributed by atoms with van der Waals surface area (Å²) in [6.45, 7) is 0. The van der Waals surface area contributed by atoms with Gasteiger partial charge in [0.15, 0.2) is 6.10 Å². The lowest BCUT2D eigenvalue weighted by Gasteiger charge is -2.31. The van der Waals surface area contributed by atoms with Crippen LogP contribution < -0.4 is 0 Å². The molecule has 2 N–H and O–H groups in total. The van der Waals surface area contributed by atoms with Gasteiger partial charge in [-0.2, -0.15) is 0 Å². The van der Waals surface area contributed by atoms with Crippen LogP contribution in [0.25, 0.3) is 0 Å². The fraction of sp³-hybridized carbons (Fsp3) is 0.444. The summed E-state index contributed by atoms with van der Waals surface area (Å²) in [5.41, 5.74) is -1.11. The molecule has 0 saturated carbocycles. The standard InChI is InChI=1S/C9H12O4/c1-13-9(7(10)8(11)12)5-3-2-4-6-9/h2-5,7,10H,6H2,1H3,(H,11,12)/t7?,9-/m1/s1. The largest absolute Gasteiger partial charge is 0.479 e. The minimum atomic E-state index is -1.53. The van der Waals surface area contributed by atoms with Gasteiger partial charge in [0.1, 0.15) is 5.60 Å². The molecule has 0 aromatic heterocycles. The van der Waals surface area contributed by atoms with Crippen molar-refractivity contribution in [3.05, 3.63) is 24.3 Å². The Morgan fingerprint density at radius 1 is 1.62 bits per heavy atom. The van der Waals surface area contributed by atoms with E-state index in [2.05, 4.69) is 0 Å². The summed E-state index contributed by atoms with van der Waals surface area (Å²) >= 11 is 0. The fourth-order valence-electron chi connectivity index (χ4n) is 1.29. The van der Waals surface area contributed by atoms with Crippen LogP contribution >= 0.6 is 0 Å².